The van der Waals surface area contributed by atoms with Gasteiger partial charge in [-0.25, -0.2) is 0 Å². The Morgan fingerprint density at radius 3 is 3.08 bits per heavy atom. The van der Waals surface area contributed by atoms with E-state index in [1.165, 1.54) is 6.42 Å². The molecule has 0 radical (unpaired) electrons. The Morgan fingerprint density at radius 2 is 2.24 bits per heavy atom. The van der Waals surface area contributed by atoms with Gasteiger partial charge in [0.05, 0.1) is 0 Å². The Labute approximate surface area is 144 Å². The highest BCUT2D eigenvalue weighted by Gasteiger charge is 2.35. The number of hydrogen-bond donors (Lipinski definition) is 2. The van der Waals surface area contributed by atoms with Gasteiger partial charge in [-0.05, 0) is 48.1 Å². The van der Waals surface area contributed by atoms with Crippen molar-refractivity contribution in [2.75, 3.05) is 6.54 Å². The lowest BCUT2D eigenvalue weighted by Gasteiger charge is -2.17. The summed E-state index contributed by atoms with van der Waals surface area (Å²) in [5, 5.41) is 8.00. The molecule has 3 atom stereocenters. The molecular formula is C19H18N4O2. The number of nitrogens with zero attached hydrogens (tertiary/aromatic N) is 2. The van der Waals surface area contributed by atoms with Gasteiger partial charge in [0.15, 0.2) is 0 Å². The topological polar surface area (TPSA) is 83.8 Å². The molecule has 6 nitrogen and oxygen atoms in total. The minimum absolute atomic E-state index is 0.0141. The molecule has 2 aliphatic rings. The predicted octanol–water partition coefficient (Wildman–Crippen LogP) is 3.16. The standard InChI is InChI=1S/C19H18N4O2/c24-18(21-10-15-8-11-1-2-13(15)7-11)19-22-17(23-25-19)14-4-3-12-5-6-20-16(12)9-14/h1-6,9,11,13,15,20H,7-8,10H2,(H,21,24)/t11-,13+,15-/m1/s1. The minimum atomic E-state index is -0.300. The second-order valence-electron chi connectivity index (χ2n) is 6.95. The number of aromatic amines is 1. The molecule has 0 saturated heterocycles. The molecule has 3 aromatic rings. The average molecular weight is 334 g/mol. The molecule has 1 saturated carbocycles. The summed E-state index contributed by atoms with van der Waals surface area (Å²) in [4.78, 5) is 19.7. The normalized spacial score (nSPS) is 24.2. The van der Waals surface area contributed by atoms with E-state index in [1.807, 2.05) is 30.5 Å². The van der Waals surface area contributed by atoms with Crippen LogP contribution in [0.3, 0.4) is 0 Å². The minimum Gasteiger partial charge on any atom is -0.361 e. The molecule has 1 amide bonds. The molecule has 2 bridgehead atoms. The number of nitrogens with one attached hydrogen (secondary N) is 2. The Balaban J connectivity index is 1.28. The highest BCUT2D eigenvalue weighted by Crippen LogP contribution is 2.42. The first-order valence-electron chi connectivity index (χ1n) is 8.64. The highest BCUT2D eigenvalue weighted by molar-refractivity contribution is 5.90. The van der Waals surface area contributed by atoms with Crippen LogP contribution in [0.15, 0.2) is 47.1 Å². The Morgan fingerprint density at radius 1 is 1.28 bits per heavy atom. The molecule has 0 spiro atoms. The van der Waals surface area contributed by atoms with Crippen molar-refractivity contribution in [3.05, 3.63) is 48.5 Å². The van der Waals surface area contributed by atoms with Crippen molar-refractivity contribution in [1.29, 1.82) is 0 Å². The molecule has 5 rings (SSSR count). The van der Waals surface area contributed by atoms with Crippen molar-refractivity contribution >= 4 is 16.8 Å². The maximum Gasteiger partial charge on any atom is 0.316 e. The number of rotatable bonds is 4. The Bertz CT molecular complexity index is 971. The molecular weight excluding hydrogens is 316 g/mol. The zero-order valence-electron chi connectivity index (χ0n) is 13.6. The van der Waals surface area contributed by atoms with Gasteiger partial charge in [-0.1, -0.05) is 29.4 Å². The van der Waals surface area contributed by atoms with E-state index in [1.54, 1.807) is 0 Å². The second kappa shape index (κ2) is 5.58. The van der Waals surface area contributed by atoms with Gasteiger partial charge in [-0.15, -0.1) is 0 Å². The van der Waals surface area contributed by atoms with Crippen molar-refractivity contribution in [1.82, 2.24) is 20.4 Å². The fourth-order valence-corrected chi connectivity index (χ4v) is 4.05. The van der Waals surface area contributed by atoms with Crippen molar-refractivity contribution in [2.45, 2.75) is 12.8 Å². The molecule has 0 unspecified atom stereocenters. The van der Waals surface area contributed by atoms with Crippen LogP contribution >= 0.6 is 0 Å². The summed E-state index contributed by atoms with van der Waals surface area (Å²) in [5.74, 6) is 1.97. The zero-order valence-corrected chi connectivity index (χ0v) is 13.6. The van der Waals surface area contributed by atoms with E-state index in [2.05, 4.69) is 32.6 Å². The third-order valence-electron chi connectivity index (χ3n) is 5.37. The maximum atomic E-state index is 12.3. The quantitative estimate of drug-likeness (QED) is 0.718. The van der Waals surface area contributed by atoms with E-state index < -0.39 is 0 Å². The zero-order chi connectivity index (χ0) is 16.8. The first kappa shape index (κ1) is 14.5. The van der Waals surface area contributed by atoms with E-state index in [9.17, 15) is 4.79 Å². The lowest BCUT2D eigenvalue weighted by Crippen LogP contribution is -2.31. The number of hydrogen-bond acceptors (Lipinski definition) is 4. The summed E-state index contributed by atoms with van der Waals surface area (Å²) in [6.07, 6.45) is 8.86. The molecule has 0 aliphatic heterocycles. The largest absolute Gasteiger partial charge is 0.361 e. The van der Waals surface area contributed by atoms with Gasteiger partial charge in [-0.3, -0.25) is 4.79 Å². The first-order chi connectivity index (χ1) is 12.3. The third-order valence-corrected chi connectivity index (χ3v) is 5.37. The van der Waals surface area contributed by atoms with E-state index in [0.717, 1.165) is 22.9 Å². The van der Waals surface area contributed by atoms with Crippen LogP contribution in [0.4, 0.5) is 0 Å². The van der Waals surface area contributed by atoms with Crippen LogP contribution in [-0.2, 0) is 0 Å². The van der Waals surface area contributed by atoms with Crippen LogP contribution < -0.4 is 5.32 Å². The molecule has 6 heteroatoms. The van der Waals surface area contributed by atoms with Gasteiger partial charge in [0.1, 0.15) is 0 Å². The third kappa shape index (κ3) is 2.54. The number of H-pyrrole nitrogens is 1. The SMILES string of the molecule is O=C(NC[C@H]1C[C@@H]2C=C[C@H]1C2)c1nc(-c2ccc3cc[nH]c3c2)no1. The van der Waals surface area contributed by atoms with Gasteiger partial charge in [0.2, 0.25) is 5.82 Å². The van der Waals surface area contributed by atoms with Crippen LogP contribution in [-0.4, -0.2) is 27.6 Å². The molecule has 126 valence electrons. The van der Waals surface area contributed by atoms with Crippen molar-refractivity contribution < 1.29 is 9.32 Å². The smallest absolute Gasteiger partial charge is 0.316 e. The molecule has 2 aromatic heterocycles. The van der Waals surface area contributed by atoms with Crippen molar-refractivity contribution in [3.63, 3.8) is 0 Å². The van der Waals surface area contributed by atoms with Gasteiger partial charge in [-0.2, -0.15) is 4.98 Å². The van der Waals surface area contributed by atoms with E-state index >= 15 is 0 Å². The number of allylic oxidation sites excluding steroid dienone is 2. The van der Waals surface area contributed by atoms with Crippen molar-refractivity contribution in [2.24, 2.45) is 17.8 Å². The lowest BCUT2D eigenvalue weighted by molar-refractivity contribution is 0.0901. The molecule has 2 aliphatic carbocycles. The van der Waals surface area contributed by atoms with Crippen LogP contribution in [0, 0.1) is 17.8 Å². The van der Waals surface area contributed by atoms with Crippen molar-refractivity contribution in [3.8, 4) is 11.4 Å². The number of carbonyl (C=O) groups excluding carboxylic acids is 1. The lowest BCUT2D eigenvalue weighted by atomic mass is 9.94. The first-order valence-corrected chi connectivity index (χ1v) is 8.64. The van der Waals surface area contributed by atoms with Crippen LogP contribution in [0.5, 0.6) is 0 Å². The highest BCUT2D eigenvalue weighted by atomic mass is 16.5. The van der Waals surface area contributed by atoms with Gasteiger partial charge >= 0.3 is 11.8 Å². The summed E-state index contributed by atoms with van der Waals surface area (Å²) < 4.78 is 5.15. The summed E-state index contributed by atoms with van der Waals surface area (Å²) in [5.41, 5.74) is 1.81. The average Bonchev–Trinajstić information content (AvgIpc) is 3.42. The molecule has 2 heterocycles. The predicted molar refractivity (Wildman–Crippen MR) is 92.8 cm³/mol. The molecule has 2 N–H and O–H groups in total. The fraction of sp³-hybridized carbons (Fsp3) is 0.316. The molecule has 25 heavy (non-hydrogen) atoms. The second-order valence-corrected chi connectivity index (χ2v) is 6.95. The summed E-state index contributed by atoms with van der Waals surface area (Å²) in [6.45, 7) is 0.663. The number of fused-ring (bicyclic) bond motifs is 3. The number of benzene rings is 1. The molecule has 1 fully saturated rings. The van der Waals surface area contributed by atoms with E-state index in [4.69, 9.17) is 4.52 Å². The van der Waals surface area contributed by atoms with Gasteiger partial charge < -0.3 is 14.8 Å². The fourth-order valence-electron chi connectivity index (χ4n) is 4.05. The Kier molecular flexibility index (Phi) is 3.23. The summed E-state index contributed by atoms with van der Waals surface area (Å²) in [6, 6.07) is 7.85. The Hall–Kier alpha value is -2.89. The number of amides is 1. The van der Waals surface area contributed by atoms with Crippen LogP contribution in [0.1, 0.15) is 23.5 Å². The van der Waals surface area contributed by atoms with Crippen LogP contribution in [0.2, 0.25) is 0 Å². The molecule has 1 aromatic carbocycles. The van der Waals surface area contributed by atoms with Crippen LogP contribution in [0.25, 0.3) is 22.3 Å². The summed E-state index contributed by atoms with van der Waals surface area (Å²) in [7, 11) is 0. The van der Waals surface area contributed by atoms with Gasteiger partial charge in [0, 0.05) is 23.8 Å². The van der Waals surface area contributed by atoms with Gasteiger partial charge in [0.25, 0.3) is 0 Å². The number of aromatic nitrogens is 3. The van der Waals surface area contributed by atoms with E-state index in [-0.39, 0.29) is 11.8 Å². The maximum absolute atomic E-state index is 12.3. The summed E-state index contributed by atoms with van der Waals surface area (Å²) >= 11 is 0. The van der Waals surface area contributed by atoms with E-state index in [0.29, 0.717) is 30.1 Å². The monoisotopic (exact) mass is 334 g/mol. The number of carbonyl (C=O) groups is 1.